The second-order valence-electron chi connectivity index (χ2n) is 4.22. The van der Waals surface area contributed by atoms with Gasteiger partial charge in [0.2, 0.25) is 0 Å². The number of benzene rings is 2. The highest BCUT2D eigenvalue weighted by atomic mass is 79.9. The Morgan fingerprint density at radius 2 is 1.29 bits per heavy atom. The third-order valence-electron chi connectivity index (χ3n) is 3.00. The summed E-state index contributed by atoms with van der Waals surface area (Å²) in [7, 11) is 0. The van der Waals surface area contributed by atoms with E-state index in [-0.39, 0.29) is 20.3 Å². The molecule has 0 N–H and O–H groups in total. The van der Waals surface area contributed by atoms with Crippen LogP contribution in [-0.4, -0.2) is 9.85 Å². The molecule has 0 amide bonds. The quantitative estimate of drug-likeness (QED) is 0.436. The molecular formula is C12H4Br2N2O5. The summed E-state index contributed by atoms with van der Waals surface area (Å²) in [5, 5.41) is 23.0. The van der Waals surface area contributed by atoms with Crippen molar-refractivity contribution in [3.05, 3.63) is 53.4 Å². The summed E-state index contributed by atoms with van der Waals surface area (Å²) in [4.78, 5) is 20.9. The van der Waals surface area contributed by atoms with E-state index < -0.39 is 9.85 Å². The number of nitrogens with zero attached hydrogens (tertiary/aromatic N) is 2. The zero-order chi connectivity index (χ0) is 15.3. The van der Waals surface area contributed by atoms with Crippen molar-refractivity contribution < 1.29 is 14.3 Å². The van der Waals surface area contributed by atoms with Gasteiger partial charge in [-0.3, -0.25) is 20.2 Å². The molecule has 21 heavy (non-hydrogen) atoms. The van der Waals surface area contributed by atoms with E-state index in [4.69, 9.17) is 4.42 Å². The van der Waals surface area contributed by atoms with Gasteiger partial charge in [0.15, 0.2) is 0 Å². The molecule has 0 bridgehead atoms. The normalized spacial score (nSPS) is 11.1. The first kappa shape index (κ1) is 14.0. The maximum absolute atomic E-state index is 11.0. The van der Waals surface area contributed by atoms with Gasteiger partial charge in [-0.25, -0.2) is 0 Å². The van der Waals surface area contributed by atoms with Crippen LogP contribution in [0.5, 0.6) is 0 Å². The Kier molecular flexibility index (Phi) is 3.18. The molecule has 7 nitrogen and oxygen atoms in total. The Morgan fingerprint density at radius 3 is 1.90 bits per heavy atom. The van der Waals surface area contributed by atoms with E-state index in [1.807, 2.05) is 0 Å². The largest absolute Gasteiger partial charge is 0.456 e. The van der Waals surface area contributed by atoms with Crippen LogP contribution in [0.25, 0.3) is 21.9 Å². The van der Waals surface area contributed by atoms with Gasteiger partial charge in [0, 0.05) is 22.9 Å². The van der Waals surface area contributed by atoms with Gasteiger partial charge in [-0.15, -0.1) is 0 Å². The Bertz CT molecular complexity index is 934. The predicted octanol–water partition coefficient (Wildman–Crippen LogP) is 4.93. The SMILES string of the molecule is O=[N+]([O-])c1cc2oc3cc(Br)c([N+](=O)[O-])cc3c2cc1Br. The van der Waals surface area contributed by atoms with E-state index in [1.165, 1.54) is 24.3 Å². The van der Waals surface area contributed by atoms with Gasteiger partial charge in [-0.05, 0) is 37.9 Å². The van der Waals surface area contributed by atoms with Gasteiger partial charge in [-0.2, -0.15) is 0 Å². The van der Waals surface area contributed by atoms with Gasteiger partial charge in [-0.1, -0.05) is 0 Å². The number of fused-ring (bicyclic) bond motifs is 3. The molecule has 1 heterocycles. The third kappa shape index (κ3) is 2.18. The molecule has 0 aliphatic carbocycles. The second-order valence-corrected chi connectivity index (χ2v) is 5.92. The minimum atomic E-state index is -0.533. The lowest BCUT2D eigenvalue weighted by atomic mass is 10.1. The molecule has 0 aliphatic heterocycles. The Hall–Kier alpha value is -2.00. The predicted molar refractivity (Wildman–Crippen MR) is 82.4 cm³/mol. The van der Waals surface area contributed by atoms with E-state index in [9.17, 15) is 20.2 Å². The topological polar surface area (TPSA) is 99.4 Å². The van der Waals surface area contributed by atoms with Crippen LogP contribution in [0.15, 0.2) is 37.6 Å². The van der Waals surface area contributed by atoms with Gasteiger partial charge < -0.3 is 4.42 Å². The molecule has 0 atom stereocenters. The smallest absolute Gasteiger partial charge is 0.287 e. The number of nitro benzene ring substituents is 2. The lowest BCUT2D eigenvalue weighted by molar-refractivity contribution is -0.385. The lowest BCUT2D eigenvalue weighted by Crippen LogP contribution is -1.89. The zero-order valence-electron chi connectivity index (χ0n) is 10.0. The van der Waals surface area contributed by atoms with Crippen LogP contribution in [0, 0.1) is 20.2 Å². The number of halogens is 2. The summed E-state index contributed by atoms with van der Waals surface area (Å²) in [6, 6.07) is 5.67. The van der Waals surface area contributed by atoms with E-state index in [0.717, 1.165) is 0 Å². The highest BCUT2D eigenvalue weighted by Gasteiger charge is 2.20. The maximum atomic E-state index is 11.0. The van der Waals surface area contributed by atoms with Crippen molar-refractivity contribution in [2.24, 2.45) is 0 Å². The molecular weight excluding hydrogens is 412 g/mol. The Morgan fingerprint density at radius 1 is 0.810 bits per heavy atom. The molecule has 1 aromatic heterocycles. The number of hydrogen-bond acceptors (Lipinski definition) is 5. The van der Waals surface area contributed by atoms with Crippen molar-refractivity contribution in [3.8, 4) is 0 Å². The van der Waals surface area contributed by atoms with E-state index >= 15 is 0 Å². The fourth-order valence-corrected chi connectivity index (χ4v) is 3.03. The first-order valence-electron chi connectivity index (χ1n) is 5.52. The Balaban J connectivity index is 2.41. The Labute approximate surface area is 133 Å². The molecule has 0 saturated heterocycles. The number of rotatable bonds is 2. The zero-order valence-corrected chi connectivity index (χ0v) is 13.2. The van der Waals surface area contributed by atoms with Crippen LogP contribution in [0.1, 0.15) is 0 Å². The number of furan rings is 1. The monoisotopic (exact) mass is 414 g/mol. The van der Waals surface area contributed by atoms with Gasteiger partial charge in [0.25, 0.3) is 11.4 Å². The molecule has 106 valence electrons. The highest BCUT2D eigenvalue weighted by Crippen LogP contribution is 2.39. The molecule has 0 fully saturated rings. The highest BCUT2D eigenvalue weighted by molar-refractivity contribution is 9.11. The standard InChI is InChI=1S/C12H4Br2N2O5/c13-7-1-5-6-2-9(15(17)18)8(14)3-11(6)21-12(5)4-10(7)16(19)20/h1-4H. The van der Waals surface area contributed by atoms with E-state index in [1.54, 1.807) is 0 Å². The van der Waals surface area contributed by atoms with Crippen molar-refractivity contribution in [1.82, 2.24) is 0 Å². The first-order chi connectivity index (χ1) is 9.88. The maximum Gasteiger partial charge on any atom is 0.287 e. The molecule has 3 rings (SSSR count). The van der Waals surface area contributed by atoms with Gasteiger partial charge >= 0.3 is 0 Å². The summed E-state index contributed by atoms with van der Waals surface area (Å²) in [6.07, 6.45) is 0. The van der Waals surface area contributed by atoms with Crippen molar-refractivity contribution in [2.45, 2.75) is 0 Å². The fourth-order valence-electron chi connectivity index (χ4n) is 2.07. The minimum absolute atomic E-state index is 0.0975. The van der Waals surface area contributed by atoms with E-state index in [2.05, 4.69) is 31.9 Å². The van der Waals surface area contributed by atoms with Crippen LogP contribution >= 0.6 is 31.9 Å². The molecule has 0 aliphatic rings. The van der Waals surface area contributed by atoms with Gasteiger partial charge in [0.05, 0.1) is 24.9 Å². The van der Waals surface area contributed by atoms with E-state index in [0.29, 0.717) is 21.9 Å². The average molecular weight is 416 g/mol. The number of hydrogen-bond donors (Lipinski definition) is 0. The summed E-state index contributed by atoms with van der Waals surface area (Å²) >= 11 is 6.23. The second kappa shape index (κ2) is 4.78. The van der Waals surface area contributed by atoms with Crippen LogP contribution in [0.4, 0.5) is 11.4 Å². The van der Waals surface area contributed by atoms with Crippen LogP contribution in [-0.2, 0) is 0 Å². The number of nitro groups is 2. The molecule has 0 radical (unpaired) electrons. The summed E-state index contributed by atoms with van der Waals surface area (Å²) in [6.45, 7) is 0. The van der Waals surface area contributed by atoms with Crippen molar-refractivity contribution in [1.29, 1.82) is 0 Å². The summed E-state index contributed by atoms with van der Waals surface area (Å²) in [5.41, 5.74) is 0.483. The van der Waals surface area contributed by atoms with Crippen molar-refractivity contribution in [3.63, 3.8) is 0 Å². The van der Waals surface area contributed by atoms with Crippen molar-refractivity contribution in [2.75, 3.05) is 0 Å². The van der Waals surface area contributed by atoms with Crippen LogP contribution in [0.3, 0.4) is 0 Å². The average Bonchev–Trinajstić information content (AvgIpc) is 2.72. The van der Waals surface area contributed by atoms with Crippen LogP contribution < -0.4 is 0 Å². The minimum Gasteiger partial charge on any atom is -0.456 e. The van der Waals surface area contributed by atoms with Gasteiger partial charge in [0.1, 0.15) is 11.2 Å². The lowest BCUT2D eigenvalue weighted by Gasteiger charge is -1.96. The molecule has 0 spiro atoms. The third-order valence-corrected chi connectivity index (χ3v) is 4.27. The summed E-state index contributed by atoms with van der Waals surface area (Å²) in [5.74, 6) is 0. The molecule has 9 heteroatoms. The molecule has 3 aromatic rings. The van der Waals surface area contributed by atoms with Crippen molar-refractivity contribution >= 4 is 65.2 Å². The molecule has 2 aromatic carbocycles. The van der Waals surface area contributed by atoms with Crippen LogP contribution in [0.2, 0.25) is 0 Å². The molecule has 0 unspecified atom stereocenters. The fraction of sp³-hybridized carbons (Fsp3) is 0. The first-order valence-corrected chi connectivity index (χ1v) is 7.11. The summed E-state index contributed by atoms with van der Waals surface area (Å²) < 4.78 is 6.11. The molecule has 0 saturated carbocycles.